The minimum absolute atomic E-state index is 0.0109. The molecule has 2 unspecified atom stereocenters. The lowest BCUT2D eigenvalue weighted by atomic mass is 9.68. The molecule has 2 aliphatic rings. The molecule has 0 spiro atoms. The van der Waals surface area contributed by atoms with Gasteiger partial charge in [-0.15, -0.1) is 0 Å². The van der Waals surface area contributed by atoms with Crippen LogP contribution in [0.3, 0.4) is 0 Å². The van der Waals surface area contributed by atoms with E-state index in [1.54, 1.807) is 12.1 Å². The Labute approximate surface area is 145 Å². The van der Waals surface area contributed by atoms with Gasteiger partial charge in [-0.1, -0.05) is 60.8 Å². The van der Waals surface area contributed by atoms with Crippen LogP contribution in [0.2, 0.25) is 15.1 Å². The van der Waals surface area contributed by atoms with Crippen molar-refractivity contribution >= 4 is 46.4 Å². The van der Waals surface area contributed by atoms with Crippen molar-refractivity contribution in [1.29, 1.82) is 0 Å². The van der Waals surface area contributed by atoms with Crippen LogP contribution < -0.4 is 5.32 Å². The number of benzene rings is 1. The van der Waals surface area contributed by atoms with Crippen molar-refractivity contribution in [3.05, 3.63) is 39.4 Å². The molecule has 22 heavy (non-hydrogen) atoms. The molecule has 2 fully saturated rings. The third kappa shape index (κ3) is 2.19. The number of carbonyl (C=O) groups excluding carboxylic acids is 1. The van der Waals surface area contributed by atoms with Crippen LogP contribution in [-0.4, -0.2) is 5.91 Å². The number of carbonyl (C=O) groups is 1. The number of amides is 1. The molecular formula is C17H18Cl3NO. The summed E-state index contributed by atoms with van der Waals surface area (Å²) in [6.07, 6.45) is 2.78. The minimum Gasteiger partial charge on any atom is -0.324 e. The monoisotopic (exact) mass is 357 g/mol. The number of hydrogen-bond acceptors (Lipinski definition) is 1. The van der Waals surface area contributed by atoms with E-state index in [2.05, 4.69) is 25.7 Å². The summed E-state index contributed by atoms with van der Waals surface area (Å²) in [7, 11) is 0. The van der Waals surface area contributed by atoms with Crippen molar-refractivity contribution in [1.82, 2.24) is 0 Å². The molecule has 1 aromatic rings. The molecule has 2 atom stereocenters. The zero-order valence-corrected chi connectivity index (χ0v) is 14.9. The fourth-order valence-corrected chi connectivity index (χ4v) is 4.60. The number of nitrogens with one attached hydrogen (secondary N) is 1. The number of halogens is 3. The first kappa shape index (κ1) is 16.2. The molecule has 2 bridgehead atoms. The largest absolute Gasteiger partial charge is 0.324 e. The van der Waals surface area contributed by atoms with E-state index >= 15 is 0 Å². The lowest BCUT2D eigenvalue weighted by Crippen LogP contribution is -2.37. The van der Waals surface area contributed by atoms with Crippen LogP contribution in [0.15, 0.2) is 24.3 Å². The maximum Gasteiger partial charge on any atom is 0.234 e. The van der Waals surface area contributed by atoms with Crippen LogP contribution in [0, 0.1) is 16.7 Å². The molecule has 0 aliphatic heterocycles. The number of fused-ring (bicyclic) bond motifs is 2. The Bertz CT molecular complexity index is 683. The first-order valence-corrected chi connectivity index (χ1v) is 8.48. The van der Waals surface area contributed by atoms with Crippen LogP contribution in [0.4, 0.5) is 5.69 Å². The van der Waals surface area contributed by atoms with E-state index in [0.717, 1.165) is 24.8 Å². The van der Waals surface area contributed by atoms with Crippen LogP contribution >= 0.6 is 34.8 Å². The molecule has 0 aromatic heterocycles. The zero-order valence-electron chi connectivity index (χ0n) is 12.6. The molecule has 3 rings (SSSR count). The second-order valence-corrected chi connectivity index (χ2v) is 8.14. The number of anilines is 1. The van der Waals surface area contributed by atoms with E-state index in [0.29, 0.717) is 26.7 Å². The average molecular weight is 359 g/mol. The molecule has 1 amide bonds. The summed E-state index contributed by atoms with van der Waals surface area (Å²) in [4.78, 5) is 12.9. The summed E-state index contributed by atoms with van der Waals surface area (Å²) in [5.41, 5.74) is 1.06. The van der Waals surface area contributed by atoms with Crippen LogP contribution in [0.5, 0.6) is 0 Å². The van der Waals surface area contributed by atoms with E-state index < -0.39 is 5.41 Å². The van der Waals surface area contributed by atoms with Gasteiger partial charge in [-0.25, -0.2) is 0 Å². The Morgan fingerprint density at radius 2 is 1.86 bits per heavy atom. The fourth-order valence-electron chi connectivity index (χ4n) is 4.00. The highest BCUT2D eigenvalue weighted by atomic mass is 35.5. The number of hydrogen-bond donors (Lipinski definition) is 1. The highest BCUT2D eigenvalue weighted by Gasteiger charge is 2.60. The van der Waals surface area contributed by atoms with Gasteiger partial charge in [0.05, 0.1) is 26.2 Å². The Morgan fingerprint density at radius 3 is 2.45 bits per heavy atom. The highest BCUT2D eigenvalue weighted by Crippen LogP contribution is 2.65. The van der Waals surface area contributed by atoms with Gasteiger partial charge in [0.15, 0.2) is 0 Å². The molecule has 5 heteroatoms. The van der Waals surface area contributed by atoms with Crippen LogP contribution in [0.1, 0.15) is 33.1 Å². The van der Waals surface area contributed by atoms with Gasteiger partial charge in [0.25, 0.3) is 0 Å². The van der Waals surface area contributed by atoms with Gasteiger partial charge < -0.3 is 5.32 Å². The fraction of sp³-hybridized carbons (Fsp3) is 0.471. The van der Waals surface area contributed by atoms with E-state index in [-0.39, 0.29) is 11.3 Å². The van der Waals surface area contributed by atoms with Crippen molar-refractivity contribution in [3.63, 3.8) is 0 Å². The average Bonchev–Trinajstić information content (AvgIpc) is 2.96. The lowest BCUT2D eigenvalue weighted by Gasteiger charge is -2.37. The first-order chi connectivity index (χ1) is 10.2. The predicted molar refractivity (Wildman–Crippen MR) is 92.8 cm³/mol. The minimum atomic E-state index is -0.483. The van der Waals surface area contributed by atoms with E-state index in [1.807, 2.05) is 0 Å². The summed E-state index contributed by atoms with van der Waals surface area (Å²) in [5.74, 6) is 0.487. The SMILES string of the molecule is C=C1C2(C(=O)Nc3cc(Cl)c(Cl)cc3Cl)CCC(C2)C1(C)C. The van der Waals surface area contributed by atoms with Crippen molar-refractivity contribution in [2.45, 2.75) is 33.1 Å². The van der Waals surface area contributed by atoms with E-state index in [1.165, 1.54) is 0 Å². The molecule has 2 nitrogen and oxygen atoms in total. The Morgan fingerprint density at radius 1 is 1.23 bits per heavy atom. The van der Waals surface area contributed by atoms with Crippen LogP contribution in [0.25, 0.3) is 0 Å². The van der Waals surface area contributed by atoms with Gasteiger partial charge in [0.2, 0.25) is 5.91 Å². The molecule has 1 aromatic carbocycles. The molecule has 2 aliphatic carbocycles. The normalized spacial score (nSPS) is 29.0. The Hall–Kier alpha value is -0.700. The third-order valence-electron chi connectivity index (χ3n) is 5.58. The summed E-state index contributed by atoms with van der Waals surface area (Å²) >= 11 is 18.1. The van der Waals surface area contributed by atoms with Gasteiger partial charge in [-0.05, 0) is 42.7 Å². The molecule has 0 saturated heterocycles. The lowest BCUT2D eigenvalue weighted by molar-refractivity contribution is -0.123. The standard InChI is InChI=1S/C17H18Cl3NO/c1-9-16(2,3)10-4-5-17(9,8-10)15(22)21-14-7-12(19)11(18)6-13(14)20/h6-7,10H,1,4-5,8H2,2-3H3,(H,21,22). The Balaban J connectivity index is 1.90. The summed E-state index contributed by atoms with van der Waals surface area (Å²) in [5, 5.41) is 4.06. The van der Waals surface area contributed by atoms with Crippen molar-refractivity contribution in [3.8, 4) is 0 Å². The highest BCUT2D eigenvalue weighted by molar-refractivity contribution is 6.44. The van der Waals surface area contributed by atoms with Gasteiger partial charge >= 0.3 is 0 Å². The molecule has 2 saturated carbocycles. The predicted octanol–water partition coefficient (Wildman–Crippen LogP) is 5.97. The first-order valence-electron chi connectivity index (χ1n) is 7.34. The maximum atomic E-state index is 12.9. The van der Waals surface area contributed by atoms with Crippen LogP contribution in [-0.2, 0) is 4.79 Å². The van der Waals surface area contributed by atoms with E-state index in [9.17, 15) is 4.79 Å². The summed E-state index contributed by atoms with van der Waals surface area (Å²) < 4.78 is 0. The van der Waals surface area contributed by atoms with Gasteiger partial charge in [-0.2, -0.15) is 0 Å². The number of rotatable bonds is 2. The smallest absolute Gasteiger partial charge is 0.234 e. The zero-order chi connectivity index (χ0) is 16.3. The second kappa shape index (κ2) is 5.15. The third-order valence-corrected chi connectivity index (χ3v) is 6.62. The summed E-state index contributed by atoms with van der Waals surface area (Å²) in [6, 6.07) is 3.14. The van der Waals surface area contributed by atoms with Gasteiger partial charge in [0.1, 0.15) is 0 Å². The molecule has 1 N–H and O–H groups in total. The molecule has 0 heterocycles. The van der Waals surface area contributed by atoms with E-state index in [4.69, 9.17) is 34.8 Å². The Kier molecular flexibility index (Phi) is 3.79. The molecular weight excluding hydrogens is 341 g/mol. The topological polar surface area (TPSA) is 29.1 Å². The molecule has 118 valence electrons. The van der Waals surface area contributed by atoms with Crippen molar-refractivity contribution in [2.75, 3.05) is 5.32 Å². The van der Waals surface area contributed by atoms with Crippen molar-refractivity contribution in [2.24, 2.45) is 16.7 Å². The quantitative estimate of drug-likeness (QED) is 0.512. The molecule has 0 radical (unpaired) electrons. The second-order valence-electron chi connectivity index (χ2n) is 6.92. The summed E-state index contributed by atoms with van der Waals surface area (Å²) in [6.45, 7) is 8.60. The van der Waals surface area contributed by atoms with Gasteiger partial charge in [0, 0.05) is 0 Å². The maximum absolute atomic E-state index is 12.9. The van der Waals surface area contributed by atoms with Crippen molar-refractivity contribution < 1.29 is 4.79 Å². The van der Waals surface area contributed by atoms with Gasteiger partial charge in [-0.3, -0.25) is 4.79 Å².